The molecule has 0 aromatic carbocycles. The SMILES string of the molecule is C=CC(=O)CC(C)(C)C(=O)N1CC1C.C=CC1=NC(C)(C)C(=O)O1.CC1CN1. The van der Waals surface area contributed by atoms with E-state index in [-0.39, 0.29) is 24.1 Å². The summed E-state index contributed by atoms with van der Waals surface area (Å²) < 4.78 is 4.72. The number of hydrogen-bond acceptors (Lipinski definition) is 6. The molecule has 2 saturated heterocycles. The molecule has 3 rings (SSSR count). The molecule has 1 N–H and O–H groups in total. The van der Waals surface area contributed by atoms with Crippen LogP contribution in [-0.4, -0.2) is 59.2 Å². The Morgan fingerprint density at radius 1 is 1.36 bits per heavy atom. The third-order valence-corrected chi connectivity index (χ3v) is 4.42. The summed E-state index contributed by atoms with van der Waals surface area (Å²) in [5.74, 6) is -0.00421. The zero-order chi connectivity index (χ0) is 21.7. The van der Waals surface area contributed by atoms with E-state index >= 15 is 0 Å². The number of nitrogens with one attached hydrogen (secondary N) is 1. The Morgan fingerprint density at radius 3 is 2.11 bits per heavy atom. The molecule has 0 aliphatic carbocycles. The molecule has 1 amide bonds. The third kappa shape index (κ3) is 7.38. The number of ether oxygens (including phenoxy) is 1. The summed E-state index contributed by atoms with van der Waals surface area (Å²) in [5, 5.41) is 3.10. The van der Waals surface area contributed by atoms with E-state index in [9.17, 15) is 14.4 Å². The molecule has 7 heteroatoms. The van der Waals surface area contributed by atoms with Crippen molar-refractivity contribution in [2.75, 3.05) is 13.1 Å². The molecule has 7 nitrogen and oxygen atoms in total. The van der Waals surface area contributed by atoms with Gasteiger partial charge in [0, 0.05) is 31.6 Å². The maximum atomic E-state index is 11.8. The number of ketones is 1. The van der Waals surface area contributed by atoms with Gasteiger partial charge in [-0.25, -0.2) is 9.79 Å². The van der Waals surface area contributed by atoms with E-state index in [1.54, 1.807) is 18.7 Å². The van der Waals surface area contributed by atoms with Gasteiger partial charge in [-0.05, 0) is 39.8 Å². The average Bonchev–Trinajstić information content (AvgIpc) is 3.51. The lowest BCUT2D eigenvalue weighted by Gasteiger charge is -2.22. The smallest absolute Gasteiger partial charge is 0.340 e. The van der Waals surface area contributed by atoms with Crippen molar-refractivity contribution in [2.24, 2.45) is 10.4 Å². The fourth-order valence-corrected chi connectivity index (χ4v) is 2.26. The number of carbonyl (C=O) groups is 3. The number of amides is 1. The molecule has 0 radical (unpaired) electrons. The van der Waals surface area contributed by atoms with Crippen LogP contribution in [0.5, 0.6) is 0 Å². The van der Waals surface area contributed by atoms with Gasteiger partial charge in [0.15, 0.2) is 11.3 Å². The fourth-order valence-electron chi connectivity index (χ4n) is 2.26. The van der Waals surface area contributed by atoms with Gasteiger partial charge in [0.05, 0.1) is 5.41 Å². The lowest BCUT2D eigenvalue weighted by Crippen LogP contribution is -2.33. The Balaban J connectivity index is 0.000000241. The van der Waals surface area contributed by atoms with Crippen molar-refractivity contribution in [3.63, 3.8) is 0 Å². The van der Waals surface area contributed by atoms with Crippen molar-refractivity contribution in [1.82, 2.24) is 10.2 Å². The van der Waals surface area contributed by atoms with Gasteiger partial charge in [-0.2, -0.15) is 0 Å². The molecular formula is C21H33N3O4. The van der Waals surface area contributed by atoms with Crippen molar-refractivity contribution in [3.8, 4) is 0 Å². The maximum absolute atomic E-state index is 11.8. The molecule has 2 atom stereocenters. The predicted molar refractivity (Wildman–Crippen MR) is 110 cm³/mol. The summed E-state index contributed by atoms with van der Waals surface area (Å²) in [6.07, 6.45) is 2.95. The second-order valence-electron chi connectivity index (χ2n) is 8.45. The summed E-state index contributed by atoms with van der Waals surface area (Å²) in [4.78, 5) is 39.6. The van der Waals surface area contributed by atoms with Gasteiger partial charge >= 0.3 is 5.97 Å². The average molecular weight is 392 g/mol. The van der Waals surface area contributed by atoms with Crippen LogP contribution >= 0.6 is 0 Å². The van der Waals surface area contributed by atoms with Crippen LogP contribution in [0.2, 0.25) is 0 Å². The van der Waals surface area contributed by atoms with E-state index in [1.807, 2.05) is 20.8 Å². The van der Waals surface area contributed by atoms with E-state index in [2.05, 4.69) is 30.4 Å². The monoisotopic (exact) mass is 391 g/mol. The predicted octanol–water partition coefficient (Wildman–Crippen LogP) is 2.27. The molecule has 0 aromatic rings. The third-order valence-electron chi connectivity index (χ3n) is 4.42. The molecule has 3 aliphatic heterocycles. The van der Waals surface area contributed by atoms with Gasteiger partial charge in [-0.3, -0.25) is 9.59 Å². The Morgan fingerprint density at radius 2 is 1.86 bits per heavy atom. The van der Waals surface area contributed by atoms with Crippen molar-refractivity contribution in [2.45, 2.75) is 65.6 Å². The Kier molecular flexibility index (Phi) is 7.87. The number of allylic oxidation sites excluding steroid dienone is 1. The summed E-state index contributed by atoms with van der Waals surface area (Å²) in [5.41, 5.74) is -1.31. The van der Waals surface area contributed by atoms with Crippen molar-refractivity contribution in [1.29, 1.82) is 0 Å². The molecule has 0 bridgehead atoms. The van der Waals surface area contributed by atoms with Crippen LogP contribution in [0.25, 0.3) is 0 Å². The molecule has 2 fully saturated rings. The molecule has 156 valence electrons. The normalized spacial score (nSPS) is 23.7. The van der Waals surface area contributed by atoms with Crippen LogP contribution in [0.1, 0.15) is 48.0 Å². The highest BCUT2D eigenvalue weighted by Crippen LogP contribution is 2.30. The first kappa shape index (κ1) is 23.8. The summed E-state index contributed by atoms with van der Waals surface area (Å²) in [6, 6.07) is 1.18. The van der Waals surface area contributed by atoms with Crippen LogP contribution in [-0.2, 0) is 19.1 Å². The summed E-state index contributed by atoms with van der Waals surface area (Å²) >= 11 is 0. The van der Waals surface area contributed by atoms with Gasteiger partial charge in [0.25, 0.3) is 0 Å². The highest BCUT2D eigenvalue weighted by Gasteiger charge is 2.42. The van der Waals surface area contributed by atoms with Gasteiger partial charge in [0.2, 0.25) is 11.8 Å². The van der Waals surface area contributed by atoms with Gasteiger partial charge < -0.3 is 15.0 Å². The summed E-state index contributed by atoms with van der Waals surface area (Å²) in [7, 11) is 0. The van der Waals surface area contributed by atoms with Crippen molar-refractivity contribution >= 4 is 23.6 Å². The topological polar surface area (TPSA) is 97.8 Å². The number of hydrogen-bond donors (Lipinski definition) is 1. The van der Waals surface area contributed by atoms with Gasteiger partial charge in [-0.15, -0.1) is 0 Å². The minimum absolute atomic E-state index is 0.0696. The minimum Gasteiger partial charge on any atom is -0.406 e. The number of carbonyl (C=O) groups excluding carboxylic acids is 3. The van der Waals surface area contributed by atoms with E-state index in [0.29, 0.717) is 11.9 Å². The minimum atomic E-state index is -0.719. The molecule has 2 unspecified atom stereocenters. The fraction of sp³-hybridized carbons (Fsp3) is 0.619. The van der Waals surface area contributed by atoms with Gasteiger partial charge in [-0.1, -0.05) is 27.0 Å². The van der Waals surface area contributed by atoms with Crippen LogP contribution in [0.15, 0.2) is 30.3 Å². The number of rotatable bonds is 5. The first-order valence-electron chi connectivity index (χ1n) is 9.48. The van der Waals surface area contributed by atoms with Crippen molar-refractivity contribution < 1.29 is 19.1 Å². The largest absolute Gasteiger partial charge is 0.406 e. The summed E-state index contributed by atoms with van der Waals surface area (Å²) in [6.45, 7) is 20.1. The molecule has 0 spiro atoms. The van der Waals surface area contributed by atoms with Crippen molar-refractivity contribution in [3.05, 3.63) is 25.3 Å². The Hall–Kier alpha value is -2.28. The quantitative estimate of drug-likeness (QED) is 0.440. The second-order valence-corrected chi connectivity index (χ2v) is 8.45. The molecule has 28 heavy (non-hydrogen) atoms. The molecule has 0 aromatic heterocycles. The molecule has 3 aliphatic rings. The van der Waals surface area contributed by atoms with E-state index < -0.39 is 11.0 Å². The van der Waals surface area contributed by atoms with E-state index in [1.165, 1.54) is 18.7 Å². The number of aliphatic imine (C=N–C) groups is 1. The highest BCUT2D eigenvalue weighted by molar-refractivity contribution is 6.04. The zero-order valence-corrected chi connectivity index (χ0v) is 17.9. The Labute approximate surface area is 167 Å². The van der Waals surface area contributed by atoms with E-state index in [0.717, 1.165) is 12.6 Å². The van der Waals surface area contributed by atoms with Crippen LogP contribution in [0.3, 0.4) is 0 Å². The van der Waals surface area contributed by atoms with Crippen LogP contribution < -0.4 is 5.32 Å². The lowest BCUT2D eigenvalue weighted by atomic mass is 9.86. The number of nitrogens with zero attached hydrogens (tertiary/aromatic N) is 2. The highest BCUT2D eigenvalue weighted by atomic mass is 16.6. The molecule has 0 saturated carbocycles. The second kappa shape index (κ2) is 9.28. The Bertz CT molecular complexity index is 675. The first-order chi connectivity index (χ1) is 12.8. The zero-order valence-electron chi connectivity index (χ0n) is 17.9. The number of esters is 1. The lowest BCUT2D eigenvalue weighted by molar-refractivity contribution is -0.138. The molecular weight excluding hydrogens is 358 g/mol. The van der Waals surface area contributed by atoms with Crippen LogP contribution in [0, 0.1) is 5.41 Å². The number of cyclic esters (lactones) is 1. The van der Waals surface area contributed by atoms with Crippen LogP contribution in [0.4, 0.5) is 0 Å². The maximum Gasteiger partial charge on any atom is 0.340 e. The first-order valence-corrected chi connectivity index (χ1v) is 9.48. The van der Waals surface area contributed by atoms with E-state index in [4.69, 9.17) is 4.74 Å². The molecule has 3 heterocycles. The standard InChI is InChI=1S/C11H17NO2.C7H9NO2.C3H7N/c1-5-9(13)6-11(3,4)10(14)12-7-8(12)2;1-4-5-8-7(2,3)6(9)10-5;1-3-2-4-3/h5,8H,1,6-7H2,2-4H3;4H,1H2,2-3H3;3-4H,2H2,1H3. The van der Waals surface area contributed by atoms with Gasteiger partial charge in [0.1, 0.15) is 0 Å².